The highest BCUT2D eigenvalue weighted by Crippen LogP contribution is 2.24. The number of aromatic nitrogens is 2. The quantitative estimate of drug-likeness (QED) is 0.936. The molecule has 0 aliphatic carbocycles. The first-order valence-electron chi connectivity index (χ1n) is 5.54. The molecule has 2 rings (SSSR count). The number of hydrogen-bond acceptors (Lipinski definition) is 4. The number of alkyl halides is 3. The van der Waals surface area contributed by atoms with Crippen LogP contribution in [0.5, 0.6) is 5.75 Å². The molecule has 21 heavy (non-hydrogen) atoms. The van der Waals surface area contributed by atoms with Crippen LogP contribution in [0.2, 0.25) is 0 Å². The fraction of sp³-hybridized carbons (Fsp3) is 0.182. The van der Waals surface area contributed by atoms with E-state index < -0.39 is 22.1 Å². The molecule has 0 fully saturated rings. The largest absolute Gasteiger partial charge is 0.573 e. The maximum absolute atomic E-state index is 12.0. The average molecular weight is 321 g/mol. The molecule has 0 aliphatic rings. The molecule has 0 amide bonds. The number of hydrogen-bond donors (Lipinski definition) is 1. The van der Waals surface area contributed by atoms with Crippen LogP contribution in [0.3, 0.4) is 0 Å². The van der Waals surface area contributed by atoms with Crippen LogP contribution >= 0.6 is 0 Å². The summed E-state index contributed by atoms with van der Waals surface area (Å²) in [7, 11) is -2.31. The Labute approximate surface area is 118 Å². The zero-order valence-electron chi connectivity index (χ0n) is 10.6. The summed E-state index contributed by atoms with van der Waals surface area (Å²) in [6.45, 7) is 0. The number of ether oxygens (including phenoxy) is 1. The predicted molar refractivity (Wildman–Crippen MR) is 67.1 cm³/mol. The molecule has 1 aromatic heterocycles. The lowest BCUT2D eigenvalue weighted by atomic mass is 10.3. The first-order chi connectivity index (χ1) is 9.66. The third-order valence-corrected chi connectivity index (χ3v) is 3.69. The van der Waals surface area contributed by atoms with Crippen LogP contribution in [-0.2, 0) is 17.1 Å². The molecule has 10 heteroatoms. The monoisotopic (exact) mass is 321 g/mol. The Morgan fingerprint density at radius 3 is 2.29 bits per heavy atom. The van der Waals surface area contributed by atoms with Crippen LogP contribution in [0, 0.1) is 0 Å². The van der Waals surface area contributed by atoms with Gasteiger partial charge in [0.25, 0.3) is 10.0 Å². The van der Waals surface area contributed by atoms with Gasteiger partial charge in [0, 0.05) is 19.3 Å². The standard InChI is InChI=1S/C11H10F3N3O3S/c1-17-7-6-10(15-17)16-21(18,19)9-4-2-8(3-5-9)20-11(12,13)14/h2-7H,1H3,(H,15,16). The molecule has 0 unspecified atom stereocenters. The number of halogens is 3. The highest BCUT2D eigenvalue weighted by molar-refractivity contribution is 7.92. The molecule has 1 aromatic carbocycles. The molecule has 1 heterocycles. The highest BCUT2D eigenvalue weighted by Gasteiger charge is 2.31. The van der Waals surface area contributed by atoms with Crippen molar-refractivity contribution in [2.75, 3.05) is 4.72 Å². The number of aryl methyl sites for hydroxylation is 1. The van der Waals surface area contributed by atoms with E-state index >= 15 is 0 Å². The Bertz CT molecular complexity index is 723. The van der Waals surface area contributed by atoms with Gasteiger partial charge in [0.1, 0.15) is 5.75 Å². The van der Waals surface area contributed by atoms with E-state index in [0.29, 0.717) is 0 Å². The van der Waals surface area contributed by atoms with Crippen molar-refractivity contribution in [3.8, 4) is 5.75 Å². The second kappa shape index (κ2) is 5.28. The van der Waals surface area contributed by atoms with E-state index in [2.05, 4.69) is 14.6 Å². The summed E-state index contributed by atoms with van der Waals surface area (Å²) < 4.78 is 67.2. The van der Waals surface area contributed by atoms with Crippen molar-refractivity contribution in [2.24, 2.45) is 7.05 Å². The summed E-state index contributed by atoms with van der Waals surface area (Å²) in [5.74, 6) is -0.396. The summed E-state index contributed by atoms with van der Waals surface area (Å²) in [5.41, 5.74) is 0. The summed E-state index contributed by atoms with van der Waals surface area (Å²) in [6, 6.07) is 5.29. The maximum atomic E-state index is 12.0. The number of anilines is 1. The highest BCUT2D eigenvalue weighted by atomic mass is 32.2. The summed E-state index contributed by atoms with van der Waals surface area (Å²) in [4.78, 5) is -0.206. The lowest BCUT2D eigenvalue weighted by Crippen LogP contribution is -2.17. The van der Waals surface area contributed by atoms with Crippen molar-refractivity contribution >= 4 is 15.8 Å². The molecule has 114 valence electrons. The van der Waals surface area contributed by atoms with Crippen LogP contribution in [0.25, 0.3) is 0 Å². The molecule has 0 saturated heterocycles. The minimum Gasteiger partial charge on any atom is -0.406 e. The van der Waals surface area contributed by atoms with Crippen molar-refractivity contribution in [3.05, 3.63) is 36.5 Å². The van der Waals surface area contributed by atoms with Gasteiger partial charge < -0.3 is 4.74 Å². The van der Waals surface area contributed by atoms with Gasteiger partial charge in [-0.3, -0.25) is 9.40 Å². The molecule has 1 N–H and O–H groups in total. The van der Waals surface area contributed by atoms with E-state index in [0.717, 1.165) is 24.3 Å². The second-order valence-electron chi connectivity index (χ2n) is 4.00. The Morgan fingerprint density at radius 1 is 1.19 bits per heavy atom. The third-order valence-electron chi connectivity index (χ3n) is 2.32. The molecule has 0 aliphatic heterocycles. The molecule has 0 bridgehead atoms. The molecule has 0 radical (unpaired) electrons. The first-order valence-corrected chi connectivity index (χ1v) is 7.02. The van der Waals surface area contributed by atoms with E-state index in [9.17, 15) is 21.6 Å². The average Bonchev–Trinajstić information content (AvgIpc) is 2.72. The summed E-state index contributed by atoms with van der Waals surface area (Å²) in [5, 5.41) is 3.84. The minimum absolute atomic E-state index is 0.105. The van der Waals surface area contributed by atoms with Gasteiger partial charge in [0.15, 0.2) is 5.82 Å². The molecule has 6 nitrogen and oxygen atoms in total. The van der Waals surface area contributed by atoms with E-state index in [1.54, 1.807) is 7.05 Å². The van der Waals surface area contributed by atoms with Crippen LogP contribution < -0.4 is 9.46 Å². The second-order valence-corrected chi connectivity index (χ2v) is 5.68. The summed E-state index contributed by atoms with van der Waals surface area (Å²) >= 11 is 0. The van der Waals surface area contributed by atoms with Crippen molar-refractivity contribution in [2.45, 2.75) is 11.3 Å². The SMILES string of the molecule is Cn1ccc(NS(=O)(=O)c2ccc(OC(F)(F)F)cc2)n1. The molecular weight excluding hydrogens is 311 g/mol. The maximum Gasteiger partial charge on any atom is 0.573 e. The molecular formula is C11H10F3N3O3S. The Balaban J connectivity index is 2.17. The number of sulfonamides is 1. The Kier molecular flexibility index (Phi) is 3.81. The van der Waals surface area contributed by atoms with Gasteiger partial charge >= 0.3 is 6.36 Å². The third kappa shape index (κ3) is 4.12. The predicted octanol–water partition coefficient (Wildman–Crippen LogP) is 2.12. The van der Waals surface area contributed by atoms with Gasteiger partial charge in [0.2, 0.25) is 0 Å². The number of nitrogens with one attached hydrogen (secondary N) is 1. The molecule has 0 saturated carbocycles. The van der Waals surface area contributed by atoms with Gasteiger partial charge in [-0.1, -0.05) is 0 Å². The fourth-order valence-corrected chi connectivity index (χ4v) is 2.48. The van der Waals surface area contributed by atoms with Crippen LogP contribution in [0.1, 0.15) is 0 Å². The topological polar surface area (TPSA) is 73.2 Å². The molecule has 0 atom stereocenters. The van der Waals surface area contributed by atoms with Crippen LogP contribution in [0.4, 0.5) is 19.0 Å². The van der Waals surface area contributed by atoms with Gasteiger partial charge in [-0.25, -0.2) is 8.42 Å². The smallest absolute Gasteiger partial charge is 0.406 e. The minimum atomic E-state index is -4.83. The van der Waals surface area contributed by atoms with E-state index in [4.69, 9.17) is 0 Å². The summed E-state index contributed by atoms with van der Waals surface area (Å²) in [6.07, 6.45) is -3.29. The zero-order valence-corrected chi connectivity index (χ0v) is 11.4. The Hall–Kier alpha value is -2.23. The fourth-order valence-electron chi connectivity index (χ4n) is 1.49. The Morgan fingerprint density at radius 2 is 1.81 bits per heavy atom. The molecule has 2 aromatic rings. The van der Waals surface area contributed by atoms with E-state index in [-0.39, 0.29) is 10.7 Å². The normalized spacial score (nSPS) is 12.2. The molecule has 0 spiro atoms. The van der Waals surface area contributed by atoms with Crippen molar-refractivity contribution in [1.82, 2.24) is 9.78 Å². The van der Waals surface area contributed by atoms with Crippen molar-refractivity contribution in [1.29, 1.82) is 0 Å². The van der Waals surface area contributed by atoms with Crippen molar-refractivity contribution < 1.29 is 26.3 Å². The zero-order chi connectivity index (χ0) is 15.7. The van der Waals surface area contributed by atoms with Gasteiger partial charge in [-0.2, -0.15) is 5.10 Å². The lowest BCUT2D eigenvalue weighted by molar-refractivity contribution is -0.274. The van der Waals surface area contributed by atoms with Gasteiger partial charge in [-0.05, 0) is 24.3 Å². The number of rotatable bonds is 4. The number of benzene rings is 1. The van der Waals surface area contributed by atoms with Crippen molar-refractivity contribution in [3.63, 3.8) is 0 Å². The van der Waals surface area contributed by atoms with Crippen LogP contribution in [-0.4, -0.2) is 24.6 Å². The van der Waals surface area contributed by atoms with Gasteiger partial charge in [0.05, 0.1) is 4.90 Å². The first kappa shape index (κ1) is 15.2. The van der Waals surface area contributed by atoms with Gasteiger partial charge in [-0.15, -0.1) is 13.2 Å². The van der Waals surface area contributed by atoms with Crippen LogP contribution in [0.15, 0.2) is 41.4 Å². The number of nitrogens with zero attached hydrogens (tertiary/aromatic N) is 2. The lowest BCUT2D eigenvalue weighted by Gasteiger charge is -2.09. The van der Waals surface area contributed by atoms with E-state index in [1.165, 1.54) is 16.9 Å². The van der Waals surface area contributed by atoms with E-state index in [1.807, 2.05) is 0 Å².